The number of methoxy groups -OCH3 is 1. The van der Waals surface area contributed by atoms with E-state index in [4.69, 9.17) is 15.2 Å². The molecule has 1 saturated heterocycles. The summed E-state index contributed by atoms with van der Waals surface area (Å²) in [6, 6.07) is 15.5. The first-order chi connectivity index (χ1) is 17.8. The molecule has 1 aromatic heterocycles. The fourth-order valence-corrected chi connectivity index (χ4v) is 4.10. The lowest BCUT2D eigenvalue weighted by molar-refractivity contribution is 0.119. The van der Waals surface area contributed by atoms with Crippen molar-refractivity contribution < 1.29 is 23.8 Å². The van der Waals surface area contributed by atoms with Crippen LogP contribution < -0.4 is 15.8 Å². The molecule has 1 aliphatic rings. The number of para-hydroxylation sites is 1. The number of urea groups is 1. The number of carbonyl (C=O) groups is 1. The number of nitrogens with two attached hydrogens (primary N) is 1. The zero-order chi connectivity index (χ0) is 26.8. The maximum absolute atomic E-state index is 12.8. The lowest BCUT2D eigenvalue weighted by Crippen LogP contribution is -2.24. The normalized spacial score (nSPS) is 16.1. The number of nitrogens with zero attached hydrogens (tertiary/aromatic N) is 3. The molecule has 0 spiro atoms. The molecule has 0 radical (unpaired) electrons. The Kier molecular flexibility index (Phi) is 10.4. The molecule has 3 aromatic rings. The highest BCUT2D eigenvalue weighted by molar-refractivity contribution is 5.88. The molecule has 4 rings (SSSR count). The van der Waals surface area contributed by atoms with Crippen LogP contribution in [-0.2, 0) is 4.74 Å². The number of primary amides is 1. The number of aliphatic hydroxyl groups excluding tert-OH is 1. The van der Waals surface area contributed by atoms with Crippen molar-refractivity contribution in [1.29, 1.82) is 0 Å². The van der Waals surface area contributed by atoms with Gasteiger partial charge in [-0.25, -0.2) is 13.9 Å². The number of aliphatic hydroxyl groups is 1. The van der Waals surface area contributed by atoms with Crippen LogP contribution in [0.1, 0.15) is 30.4 Å². The van der Waals surface area contributed by atoms with Crippen LogP contribution in [0, 0.1) is 12.7 Å². The Balaban J connectivity index is 0.000000213. The number of nitrogens with one attached hydrogen (secondary N) is 1. The van der Waals surface area contributed by atoms with Crippen molar-refractivity contribution in [3.63, 3.8) is 0 Å². The van der Waals surface area contributed by atoms with Crippen LogP contribution in [0.25, 0.3) is 5.69 Å². The monoisotopic (exact) mass is 513 g/mol. The molecule has 200 valence electrons. The Morgan fingerprint density at radius 1 is 1.24 bits per heavy atom. The molecule has 37 heavy (non-hydrogen) atoms. The van der Waals surface area contributed by atoms with Gasteiger partial charge in [0.1, 0.15) is 18.2 Å². The average molecular weight is 514 g/mol. The number of amides is 2. The Morgan fingerprint density at radius 3 is 2.57 bits per heavy atom. The first kappa shape index (κ1) is 28.1. The Labute approximate surface area is 217 Å². The lowest BCUT2D eigenvalue weighted by atomic mass is 9.99. The predicted octanol–water partition coefficient (Wildman–Crippen LogP) is 3.69. The zero-order valence-electron chi connectivity index (χ0n) is 21.6. The van der Waals surface area contributed by atoms with Crippen molar-refractivity contribution in [2.45, 2.75) is 32.3 Å². The van der Waals surface area contributed by atoms with Gasteiger partial charge < -0.3 is 25.2 Å². The third kappa shape index (κ3) is 8.28. The van der Waals surface area contributed by atoms with Gasteiger partial charge in [-0.3, -0.25) is 5.32 Å². The van der Waals surface area contributed by atoms with Crippen LogP contribution in [-0.4, -0.2) is 71.9 Å². The fourth-order valence-electron chi connectivity index (χ4n) is 4.10. The minimum atomic E-state index is -0.683. The summed E-state index contributed by atoms with van der Waals surface area (Å²) in [4.78, 5) is 13.6. The van der Waals surface area contributed by atoms with Crippen molar-refractivity contribution in [3.05, 3.63) is 71.5 Å². The van der Waals surface area contributed by atoms with E-state index in [0.29, 0.717) is 23.2 Å². The minimum Gasteiger partial charge on any atom is -0.474 e. The number of ether oxygens (including phenoxy) is 2. The maximum Gasteiger partial charge on any atom is 0.317 e. The molecule has 0 saturated carbocycles. The Hall–Kier alpha value is -3.47. The molecule has 10 heteroatoms. The van der Waals surface area contributed by atoms with Crippen molar-refractivity contribution in [1.82, 2.24) is 14.7 Å². The second kappa shape index (κ2) is 13.7. The number of likely N-dealkylation sites (tertiary alicyclic amines) is 1. The molecule has 2 amide bonds. The number of hydrogen-bond acceptors (Lipinski definition) is 6. The first-order valence-corrected chi connectivity index (χ1v) is 12.3. The van der Waals surface area contributed by atoms with Crippen molar-refractivity contribution in [3.8, 4) is 11.6 Å². The van der Waals surface area contributed by atoms with Gasteiger partial charge in [-0.15, -0.1) is 5.10 Å². The van der Waals surface area contributed by atoms with Gasteiger partial charge >= 0.3 is 6.03 Å². The number of benzene rings is 2. The number of hydrogen-bond donors (Lipinski definition) is 3. The summed E-state index contributed by atoms with van der Waals surface area (Å²) in [5.41, 5.74) is 7.85. The number of aromatic nitrogens is 2. The van der Waals surface area contributed by atoms with Gasteiger partial charge in [-0.2, -0.15) is 0 Å². The molecule has 4 N–H and O–H groups in total. The van der Waals surface area contributed by atoms with Crippen molar-refractivity contribution >= 4 is 11.8 Å². The van der Waals surface area contributed by atoms with E-state index in [1.807, 2.05) is 42.5 Å². The molecule has 2 unspecified atom stereocenters. The highest BCUT2D eigenvalue weighted by Gasteiger charge is 2.23. The number of anilines is 1. The van der Waals surface area contributed by atoms with Crippen LogP contribution >= 0.6 is 0 Å². The van der Waals surface area contributed by atoms with Crippen molar-refractivity contribution in [2.24, 2.45) is 5.73 Å². The first-order valence-electron chi connectivity index (χ1n) is 12.3. The quantitative estimate of drug-likeness (QED) is 0.402. The molecule has 1 aliphatic heterocycles. The Bertz CT molecular complexity index is 1120. The maximum atomic E-state index is 12.8. The molecule has 9 nitrogen and oxygen atoms in total. The molecular formula is C27H36FN5O4. The van der Waals surface area contributed by atoms with Gasteiger partial charge in [0.25, 0.3) is 0 Å². The van der Waals surface area contributed by atoms with Crippen LogP contribution in [0.5, 0.6) is 5.88 Å². The summed E-state index contributed by atoms with van der Waals surface area (Å²) >= 11 is 0. The summed E-state index contributed by atoms with van der Waals surface area (Å²) in [6.07, 6.45) is 0.550. The number of carbonyl (C=O) groups excluding carboxylic acids is 1. The van der Waals surface area contributed by atoms with E-state index in [1.165, 1.54) is 10.2 Å². The van der Waals surface area contributed by atoms with E-state index in [1.54, 1.807) is 33.1 Å². The van der Waals surface area contributed by atoms with Gasteiger partial charge in [0.05, 0.1) is 24.0 Å². The van der Waals surface area contributed by atoms with Crippen molar-refractivity contribution in [2.75, 3.05) is 45.3 Å². The van der Waals surface area contributed by atoms with Gasteiger partial charge in [0.15, 0.2) is 0 Å². The zero-order valence-corrected chi connectivity index (χ0v) is 21.6. The SMILES string of the molecule is COCCN1CCC(c2ccc(F)cc2)C1.Cc1c(OCC(C)O)nn(-c2ccccc2)c1NC(N)=O. The second-order valence-corrected chi connectivity index (χ2v) is 9.01. The van der Waals surface area contributed by atoms with Crippen LogP contribution in [0.3, 0.4) is 0 Å². The summed E-state index contributed by atoms with van der Waals surface area (Å²) in [5, 5.41) is 16.2. The minimum absolute atomic E-state index is 0.114. The fraction of sp³-hybridized carbons (Fsp3) is 0.407. The molecule has 0 bridgehead atoms. The Morgan fingerprint density at radius 2 is 1.95 bits per heavy atom. The van der Waals surface area contributed by atoms with E-state index in [9.17, 15) is 14.3 Å². The van der Waals surface area contributed by atoms with Gasteiger partial charge in [-0.05, 0) is 62.6 Å². The standard InChI is InChI=1S/C14H18N4O3.C13H18FNO/c1-9(19)8-21-13-10(2)12(16-14(15)20)18(17-13)11-6-4-3-5-7-11;1-16-9-8-15-7-6-12(10-15)11-2-4-13(14)5-3-11/h3-7,9,19H,8H2,1-2H3,(H3,15,16,20);2-5,12H,6-10H2,1H3. The average Bonchev–Trinajstić information content (AvgIpc) is 3.47. The lowest BCUT2D eigenvalue weighted by Gasteiger charge is -2.15. The summed E-state index contributed by atoms with van der Waals surface area (Å²) in [7, 11) is 1.73. The van der Waals surface area contributed by atoms with E-state index in [-0.39, 0.29) is 12.4 Å². The molecule has 2 aromatic carbocycles. The van der Waals surface area contributed by atoms with Crippen LogP contribution in [0.15, 0.2) is 54.6 Å². The second-order valence-electron chi connectivity index (χ2n) is 9.01. The summed E-state index contributed by atoms with van der Waals surface area (Å²) in [5.74, 6) is 1.17. The molecular weight excluding hydrogens is 477 g/mol. The van der Waals surface area contributed by atoms with E-state index >= 15 is 0 Å². The number of rotatable bonds is 9. The summed E-state index contributed by atoms with van der Waals surface area (Å²) < 4.78 is 24.8. The predicted molar refractivity (Wildman–Crippen MR) is 141 cm³/mol. The molecule has 0 aliphatic carbocycles. The highest BCUT2D eigenvalue weighted by atomic mass is 19.1. The van der Waals surface area contributed by atoms with Gasteiger partial charge in [-0.1, -0.05) is 30.3 Å². The van der Waals surface area contributed by atoms with Gasteiger partial charge in [0, 0.05) is 20.2 Å². The molecule has 1 fully saturated rings. The summed E-state index contributed by atoms with van der Waals surface area (Å²) in [6.45, 7) is 7.45. The van der Waals surface area contributed by atoms with Crippen LogP contribution in [0.2, 0.25) is 0 Å². The van der Waals surface area contributed by atoms with E-state index < -0.39 is 12.1 Å². The van der Waals surface area contributed by atoms with Crippen LogP contribution in [0.4, 0.5) is 15.0 Å². The topological polar surface area (TPSA) is 115 Å². The third-order valence-corrected chi connectivity index (χ3v) is 6.01. The molecule has 2 atom stereocenters. The smallest absolute Gasteiger partial charge is 0.317 e. The largest absolute Gasteiger partial charge is 0.474 e. The van der Waals surface area contributed by atoms with Gasteiger partial charge in [0.2, 0.25) is 5.88 Å². The third-order valence-electron chi connectivity index (χ3n) is 6.01. The van der Waals surface area contributed by atoms with E-state index in [0.717, 1.165) is 38.3 Å². The highest BCUT2D eigenvalue weighted by Crippen LogP contribution is 2.28. The van der Waals surface area contributed by atoms with E-state index in [2.05, 4.69) is 15.3 Å². The number of halogens is 1. The molecule has 2 heterocycles.